The van der Waals surface area contributed by atoms with Crippen molar-refractivity contribution < 1.29 is 9.59 Å². The van der Waals surface area contributed by atoms with Crippen molar-refractivity contribution in [3.8, 4) is 0 Å². The first-order valence-electron chi connectivity index (χ1n) is 10.6. The highest BCUT2D eigenvalue weighted by atomic mass is 16.2. The maximum atomic E-state index is 12.6. The van der Waals surface area contributed by atoms with E-state index in [4.69, 9.17) is 0 Å². The Morgan fingerprint density at radius 1 is 1.14 bits per heavy atom. The van der Waals surface area contributed by atoms with Crippen molar-refractivity contribution in [2.45, 2.75) is 45.2 Å². The molecule has 0 bridgehead atoms. The van der Waals surface area contributed by atoms with Crippen molar-refractivity contribution in [3.05, 3.63) is 30.1 Å². The van der Waals surface area contributed by atoms with Gasteiger partial charge >= 0.3 is 0 Å². The smallest absolute Gasteiger partial charge is 0.234 e. The molecule has 0 saturated carbocycles. The van der Waals surface area contributed by atoms with Crippen LogP contribution in [0.5, 0.6) is 0 Å². The van der Waals surface area contributed by atoms with Crippen LogP contribution in [0.1, 0.15) is 38.3 Å². The number of amides is 2. The molecule has 3 rings (SSSR count). The van der Waals surface area contributed by atoms with E-state index >= 15 is 0 Å². The molecule has 3 heterocycles. The molecular weight excluding hydrogens is 354 g/mol. The van der Waals surface area contributed by atoms with Gasteiger partial charge in [-0.25, -0.2) is 0 Å². The summed E-state index contributed by atoms with van der Waals surface area (Å²) in [6.45, 7) is 7.45. The molecule has 2 saturated heterocycles. The molecule has 1 unspecified atom stereocenters. The minimum Gasteiger partial charge on any atom is -0.355 e. The van der Waals surface area contributed by atoms with E-state index in [2.05, 4.69) is 25.4 Å². The molecule has 0 spiro atoms. The number of carbonyl (C=O) groups is 2. The van der Waals surface area contributed by atoms with Crippen LogP contribution in [0.2, 0.25) is 0 Å². The standard InChI is InChI=1S/C21H33N5O2/c1-2-22-20(27)16-25-12-8-19(9-13-25)26-11-5-6-17(15-26)21(28)24-14-18-7-3-4-10-23-18/h3-4,7,10,17,19H,2,5-6,8-9,11-16H2,1H3,(H,22,27)(H,24,28). The van der Waals surface area contributed by atoms with Gasteiger partial charge in [-0.15, -0.1) is 0 Å². The normalized spacial score (nSPS) is 22.0. The summed E-state index contributed by atoms with van der Waals surface area (Å²) in [4.78, 5) is 33.4. The fourth-order valence-electron chi connectivity index (χ4n) is 4.28. The van der Waals surface area contributed by atoms with Gasteiger partial charge in [0.05, 0.1) is 24.7 Å². The second-order valence-electron chi connectivity index (χ2n) is 7.83. The first-order valence-corrected chi connectivity index (χ1v) is 10.6. The molecule has 1 aromatic rings. The van der Waals surface area contributed by atoms with E-state index in [9.17, 15) is 9.59 Å². The van der Waals surface area contributed by atoms with Gasteiger partial charge in [0.25, 0.3) is 0 Å². The van der Waals surface area contributed by atoms with Crippen molar-refractivity contribution in [1.29, 1.82) is 0 Å². The van der Waals surface area contributed by atoms with E-state index in [0.717, 1.165) is 57.6 Å². The van der Waals surface area contributed by atoms with Crippen LogP contribution in [0.15, 0.2) is 24.4 Å². The molecule has 2 amide bonds. The van der Waals surface area contributed by atoms with Gasteiger partial charge in [0.15, 0.2) is 0 Å². The summed E-state index contributed by atoms with van der Waals surface area (Å²) in [5, 5.41) is 5.92. The monoisotopic (exact) mass is 387 g/mol. The molecule has 2 fully saturated rings. The zero-order valence-corrected chi connectivity index (χ0v) is 16.9. The molecular formula is C21H33N5O2. The van der Waals surface area contributed by atoms with E-state index in [-0.39, 0.29) is 17.7 Å². The molecule has 0 aromatic carbocycles. The quantitative estimate of drug-likeness (QED) is 0.730. The van der Waals surface area contributed by atoms with Crippen LogP contribution in [-0.2, 0) is 16.1 Å². The Labute approximate surface area is 167 Å². The van der Waals surface area contributed by atoms with Crippen molar-refractivity contribution in [1.82, 2.24) is 25.4 Å². The van der Waals surface area contributed by atoms with Crippen LogP contribution in [-0.4, -0.2) is 71.9 Å². The van der Waals surface area contributed by atoms with Crippen molar-refractivity contribution in [2.24, 2.45) is 5.92 Å². The van der Waals surface area contributed by atoms with Crippen molar-refractivity contribution >= 4 is 11.8 Å². The van der Waals surface area contributed by atoms with Gasteiger partial charge in [0.1, 0.15) is 0 Å². The lowest BCUT2D eigenvalue weighted by Crippen LogP contribution is -2.51. The number of nitrogens with zero attached hydrogens (tertiary/aromatic N) is 3. The third kappa shape index (κ3) is 6.01. The van der Waals surface area contributed by atoms with E-state index in [0.29, 0.717) is 25.7 Å². The number of piperidine rings is 2. The largest absolute Gasteiger partial charge is 0.355 e. The second kappa shape index (κ2) is 10.5. The zero-order chi connectivity index (χ0) is 19.8. The van der Waals surface area contributed by atoms with Crippen LogP contribution < -0.4 is 10.6 Å². The summed E-state index contributed by atoms with van der Waals surface area (Å²) < 4.78 is 0. The number of aromatic nitrogens is 1. The van der Waals surface area contributed by atoms with Crippen LogP contribution >= 0.6 is 0 Å². The van der Waals surface area contributed by atoms with Gasteiger partial charge < -0.3 is 10.6 Å². The average Bonchev–Trinajstić information content (AvgIpc) is 2.73. The molecule has 28 heavy (non-hydrogen) atoms. The minimum absolute atomic E-state index is 0.0609. The Morgan fingerprint density at radius 2 is 1.96 bits per heavy atom. The zero-order valence-electron chi connectivity index (χ0n) is 16.9. The average molecular weight is 388 g/mol. The Hall–Kier alpha value is -1.99. The van der Waals surface area contributed by atoms with E-state index < -0.39 is 0 Å². The number of likely N-dealkylation sites (tertiary alicyclic amines) is 2. The molecule has 0 aliphatic carbocycles. The van der Waals surface area contributed by atoms with Gasteiger partial charge in [0.2, 0.25) is 11.8 Å². The van der Waals surface area contributed by atoms with E-state index in [1.807, 2.05) is 25.1 Å². The molecule has 2 aliphatic rings. The van der Waals surface area contributed by atoms with Crippen LogP contribution in [0.25, 0.3) is 0 Å². The summed E-state index contributed by atoms with van der Waals surface area (Å²) in [5.74, 6) is 0.318. The highest BCUT2D eigenvalue weighted by Gasteiger charge is 2.31. The number of hydrogen-bond acceptors (Lipinski definition) is 5. The number of nitrogens with one attached hydrogen (secondary N) is 2. The molecule has 7 nitrogen and oxygen atoms in total. The number of rotatable bonds is 7. The van der Waals surface area contributed by atoms with Crippen LogP contribution in [0, 0.1) is 5.92 Å². The lowest BCUT2D eigenvalue weighted by Gasteiger charge is -2.41. The summed E-state index contributed by atoms with van der Waals surface area (Å²) in [5.41, 5.74) is 0.892. The lowest BCUT2D eigenvalue weighted by molar-refractivity contribution is -0.127. The SMILES string of the molecule is CCNC(=O)CN1CCC(N2CCCC(C(=O)NCc3ccccn3)C2)CC1. The van der Waals surface area contributed by atoms with Crippen molar-refractivity contribution in [2.75, 3.05) is 39.3 Å². The van der Waals surface area contributed by atoms with Gasteiger partial charge in [-0.3, -0.25) is 24.4 Å². The summed E-state index contributed by atoms with van der Waals surface area (Å²) in [6, 6.07) is 6.28. The second-order valence-corrected chi connectivity index (χ2v) is 7.83. The third-order valence-corrected chi connectivity index (χ3v) is 5.81. The first kappa shape index (κ1) is 20.7. The van der Waals surface area contributed by atoms with E-state index in [1.54, 1.807) is 6.20 Å². The van der Waals surface area contributed by atoms with Crippen LogP contribution in [0.3, 0.4) is 0 Å². The summed E-state index contributed by atoms with van der Waals surface area (Å²) >= 11 is 0. The maximum absolute atomic E-state index is 12.6. The maximum Gasteiger partial charge on any atom is 0.234 e. The molecule has 154 valence electrons. The van der Waals surface area contributed by atoms with Crippen LogP contribution in [0.4, 0.5) is 0 Å². The lowest BCUT2D eigenvalue weighted by atomic mass is 9.93. The Balaban J connectivity index is 1.42. The third-order valence-electron chi connectivity index (χ3n) is 5.81. The molecule has 0 radical (unpaired) electrons. The molecule has 2 N–H and O–H groups in total. The number of likely N-dealkylation sites (N-methyl/N-ethyl adjacent to an activating group) is 1. The summed E-state index contributed by atoms with van der Waals surface area (Å²) in [6.07, 6.45) is 5.92. The minimum atomic E-state index is 0.0609. The predicted octanol–water partition coefficient (Wildman–Crippen LogP) is 1.01. The molecule has 2 aliphatic heterocycles. The Bertz CT molecular complexity index is 631. The Kier molecular flexibility index (Phi) is 7.80. The van der Waals surface area contributed by atoms with Gasteiger partial charge in [-0.2, -0.15) is 0 Å². The molecule has 1 aromatic heterocycles. The highest BCUT2D eigenvalue weighted by molar-refractivity contribution is 5.79. The summed E-state index contributed by atoms with van der Waals surface area (Å²) in [7, 11) is 0. The van der Waals surface area contributed by atoms with Crippen molar-refractivity contribution in [3.63, 3.8) is 0 Å². The number of pyridine rings is 1. The molecule has 7 heteroatoms. The fraction of sp³-hybridized carbons (Fsp3) is 0.667. The Morgan fingerprint density at radius 3 is 2.68 bits per heavy atom. The highest BCUT2D eigenvalue weighted by Crippen LogP contribution is 2.24. The number of carbonyl (C=O) groups excluding carboxylic acids is 2. The first-order chi connectivity index (χ1) is 13.7. The van der Waals surface area contributed by atoms with E-state index in [1.165, 1.54) is 0 Å². The fourth-order valence-corrected chi connectivity index (χ4v) is 4.28. The van der Waals surface area contributed by atoms with Gasteiger partial charge in [-0.1, -0.05) is 6.07 Å². The number of hydrogen-bond donors (Lipinski definition) is 2. The van der Waals surface area contributed by atoms with Gasteiger partial charge in [-0.05, 0) is 51.3 Å². The molecule has 1 atom stereocenters. The topological polar surface area (TPSA) is 77.6 Å². The van der Waals surface area contributed by atoms with Gasteiger partial charge in [0, 0.05) is 38.4 Å². The predicted molar refractivity (Wildman–Crippen MR) is 109 cm³/mol.